The van der Waals surface area contributed by atoms with Crippen LogP contribution < -0.4 is 4.90 Å². The molecule has 1 aliphatic heterocycles. The smallest absolute Gasteiger partial charge is 0.129 e. The minimum Gasteiger partial charge on any atom is -0.393 e. The number of anilines is 1. The van der Waals surface area contributed by atoms with Crippen LogP contribution in [-0.4, -0.2) is 29.3 Å². The zero-order chi connectivity index (χ0) is 13.9. The molecule has 2 heterocycles. The van der Waals surface area contributed by atoms with Gasteiger partial charge < -0.3 is 10.0 Å². The molecular weight excluding hydrogens is 272 g/mol. The van der Waals surface area contributed by atoms with E-state index in [0.717, 1.165) is 47.9 Å². The van der Waals surface area contributed by atoms with Crippen LogP contribution >= 0.6 is 11.6 Å². The van der Waals surface area contributed by atoms with E-state index in [1.165, 1.54) is 0 Å². The largest absolute Gasteiger partial charge is 0.393 e. The topological polar surface area (TPSA) is 36.4 Å². The molecule has 1 N–H and O–H groups in total. The number of halogens is 1. The third-order valence-corrected chi connectivity index (χ3v) is 4.05. The molecule has 1 aliphatic rings. The van der Waals surface area contributed by atoms with Crippen molar-refractivity contribution in [2.24, 2.45) is 0 Å². The number of aromatic nitrogens is 1. The summed E-state index contributed by atoms with van der Waals surface area (Å²) in [6.45, 7) is 1.69. The van der Waals surface area contributed by atoms with E-state index in [2.05, 4.69) is 16.0 Å². The number of aliphatic hydroxyl groups is 1. The van der Waals surface area contributed by atoms with Crippen LogP contribution in [0.5, 0.6) is 0 Å². The molecule has 0 radical (unpaired) electrons. The zero-order valence-corrected chi connectivity index (χ0v) is 11.9. The van der Waals surface area contributed by atoms with Gasteiger partial charge in [-0.1, -0.05) is 29.8 Å². The lowest BCUT2D eigenvalue weighted by molar-refractivity contribution is 0.145. The van der Waals surface area contributed by atoms with Crippen LogP contribution in [0.4, 0.5) is 5.82 Å². The van der Waals surface area contributed by atoms with Crippen LogP contribution in [0.1, 0.15) is 12.8 Å². The summed E-state index contributed by atoms with van der Waals surface area (Å²) >= 11 is 6.25. The third kappa shape index (κ3) is 2.79. The zero-order valence-electron chi connectivity index (χ0n) is 11.2. The highest BCUT2D eigenvalue weighted by molar-refractivity contribution is 6.33. The maximum absolute atomic E-state index is 9.58. The van der Waals surface area contributed by atoms with Crippen molar-refractivity contribution in [1.82, 2.24) is 4.98 Å². The van der Waals surface area contributed by atoms with Crippen LogP contribution in [0, 0.1) is 0 Å². The Kier molecular flexibility index (Phi) is 3.90. The fourth-order valence-electron chi connectivity index (χ4n) is 2.55. The van der Waals surface area contributed by atoms with E-state index in [1.807, 2.05) is 36.5 Å². The molecule has 1 fully saturated rings. The Balaban J connectivity index is 1.88. The molecular formula is C16H17ClN2O. The van der Waals surface area contributed by atoms with E-state index < -0.39 is 0 Å². The molecule has 1 saturated heterocycles. The Morgan fingerprint density at radius 2 is 1.90 bits per heavy atom. The normalized spacial score (nSPS) is 16.4. The van der Waals surface area contributed by atoms with Crippen molar-refractivity contribution in [3.8, 4) is 11.1 Å². The van der Waals surface area contributed by atoms with Gasteiger partial charge in [-0.05, 0) is 36.6 Å². The van der Waals surface area contributed by atoms with Crippen molar-refractivity contribution in [3.63, 3.8) is 0 Å². The van der Waals surface area contributed by atoms with Crippen LogP contribution in [0.3, 0.4) is 0 Å². The molecule has 0 bridgehead atoms. The molecule has 1 aromatic carbocycles. The first kappa shape index (κ1) is 13.4. The van der Waals surface area contributed by atoms with Crippen molar-refractivity contribution in [1.29, 1.82) is 0 Å². The van der Waals surface area contributed by atoms with Gasteiger partial charge in [-0.2, -0.15) is 0 Å². The average Bonchev–Trinajstić information content (AvgIpc) is 2.49. The minimum absolute atomic E-state index is 0.169. The molecule has 0 atom stereocenters. The van der Waals surface area contributed by atoms with Crippen LogP contribution in [0.2, 0.25) is 5.02 Å². The molecule has 0 unspecified atom stereocenters. The first-order valence-electron chi connectivity index (χ1n) is 6.88. The molecule has 4 heteroatoms. The van der Waals surface area contributed by atoms with Crippen molar-refractivity contribution >= 4 is 17.4 Å². The molecule has 2 aromatic rings. The van der Waals surface area contributed by atoms with E-state index in [-0.39, 0.29) is 6.10 Å². The van der Waals surface area contributed by atoms with Gasteiger partial charge in [0.05, 0.1) is 6.10 Å². The van der Waals surface area contributed by atoms with Crippen LogP contribution in [-0.2, 0) is 0 Å². The molecule has 0 spiro atoms. The quantitative estimate of drug-likeness (QED) is 0.920. The van der Waals surface area contributed by atoms with Crippen molar-refractivity contribution in [2.45, 2.75) is 18.9 Å². The first-order valence-corrected chi connectivity index (χ1v) is 7.26. The van der Waals surface area contributed by atoms with E-state index in [0.29, 0.717) is 0 Å². The lowest BCUT2D eigenvalue weighted by atomic mass is 10.1. The summed E-state index contributed by atoms with van der Waals surface area (Å²) in [5.41, 5.74) is 2.10. The molecule has 104 valence electrons. The number of hydrogen-bond donors (Lipinski definition) is 1. The van der Waals surface area contributed by atoms with Crippen molar-refractivity contribution < 1.29 is 5.11 Å². The lowest BCUT2D eigenvalue weighted by Crippen LogP contribution is -2.36. The average molecular weight is 289 g/mol. The summed E-state index contributed by atoms with van der Waals surface area (Å²) < 4.78 is 0. The Morgan fingerprint density at radius 1 is 1.15 bits per heavy atom. The van der Waals surface area contributed by atoms with Crippen LogP contribution in [0.25, 0.3) is 11.1 Å². The summed E-state index contributed by atoms with van der Waals surface area (Å²) in [4.78, 5) is 6.66. The van der Waals surface area contributed by atoms with Crippen LogP contribution in [0.15, 0.2) is 42.6 Å². The van der Waals surface area contributed by atoms with Gasteiger partial charge in [0.2, 0.25) is 0 Å². The number of piperidine rings is 1. The second kappa shape index (κ2) is 5.81. The third-order valence-electron chi connectivity index (χ3n) is 3.72. The SMILES string of the molecule is OC1CCN(c2cc(-c3ccccc3Cl)ccn2)CC1. The van der Waals surface area contributed by atoms with Gasteiger partial charge >= 0.3 is 0 Å². The Hall–Kier alpha value is -1.58. The van der Waals surface area contributed by atoms with Gasteiger partial charge in [0, 0.05) is 29.9 Å². The highest BCUT2D eigenvalue weighted by Crippen LogP contribution is 2.29. The second-order valence-corrected chi connectivity index (χ2v) is 5.51. The van der Waals surface area contributed by atoms with Gasteiger partial charge in [-0.15, -0.1) is 0 Å². The molecule has 0 aliphatic carbocycles. The van der Waals surface area contributed by atoms with Gasteiger partial charge in [-0.25, -0.2) is 4.98 Å². The van der Waals surface area contributed by atoms with E-state index >= 15 is 0 Å². The van der Waals surface area contributed by atoms with E-state index in [4.69, 9.17) is 11.6 Å². The molecule has 3 nitrogen and oxygen atoms in total. The monoisotopic (exact) mass is 288 g/mol. The maximum atomic E-state index is 9.58. The van der Waals surface area contributed by atoms with E-state index in [9.17, 15) is 5.11 Å². The molecule has 3 rings (SSSR count). The Morgan fingerprint density at radius 3 is 2.65 bits per heavy atom. The Labute approximate surface area is 123 Å². The molecule has 0 saturated carbocycles. The summed E-state index contributed by atoms with van der Waals surface area (Å²) in [5.74, 6) is 0.953. The second-order valence-electron chi connectivity index (χ2n) is 5.10. The number of benzene rings is 1. The van der Waals surface area contributed by atoms with Gasteiger partial charge in [-0.3, -0.25) is 0 Å². The predicted octanol–water partition coefficient (Wildman–Crippen LogP) is 3.36. The van der Waals surface area contributed by atoms with Gasteiger partial charge in [0.1, 0.15) is 5.82 Å². The maximum Gasteiger partial charge on any atom is 0.129 e. The highest BCUT2D eigenvalue weighted by Gasteiger charge is 2.18. The molecule has 1 aromatic heterocycles. The summed E-state index contributed by atoms with van der Waals surface area (Å²) in [6, 6.07) is 11.9. The number of pyridine rings is 1. The first-order chi connectivity index (χ1) is 9.74. The number of rotatable bonds is 2. The molecule has 0 amide bonds. The summed E-state index contributed by atoms with van der Waals surface area (Å²) in [6.07, 6.45) is 3.26. The van der Waals surface area contributed by atoms with Gasteiger partial charge in [0.15, 0.2) is 0 Å². The number of aliphatic hydroxyl groups excluding tert-OH is 1. The van der Waals surface area contributed by atoms with E-state index in [1.54, 1.807) is 0 Å². The molecule has 20 heavy (non-hydrogen) atoms. The number of hydrogen-bond acceptors (Lipinski definition) is 3. The fraction of sp³-hybridized carbons (Fsp3) is 0.312. The summed E-state index contributed by atoms with van der Waals surface area (Å²) in [7, 11) is 0. The highest BCUT2D eigenvalue weighted by atomic mass is 35.5. The summed E-state index contributed by atoms with van der Waals surface area (Å²) in [5, 5.41) is 10.3. The minimum atomic E-state index is -0.169. The van der Waals surface area contributed by atoms with Crippen molar-refractivity contribution in [3.05, 3.63) is 47.6 Å². The fourth-order valence-corrected chi connectivity index (χ4v) is 2.79. The lowest BCUT2D eigenvalue weighted by Gasteiger charge is -2.30. The standard InChI is InChI=1S/C16H17ClN2O/c17-15-4-2-1-3-14(15)12-5-8-18-16(11-12)19-9-6-13(20)7-10-19/h1-5,8,11,13,20H,6-7,9-10H2. The number of nitrogens with zero attached hydrogens (tertiary/aromatic N) is 2. The van der Waals surface area contributed by atoms with Gasteiger partial charge in [0.25, 0.3) is 0 Å². The predicted molar refractivity (Wildman–Crippen MR) is 82.1 cm³/mol. The Bertz CT molecular complexity index is 595. The van der Waals surface area contributed by atoms with Crippen molar-refractivity contribution in [2.75, 3.05) is 18.0 Å².